The maximum atomic E-state index is 6.08. The van der Waals surface area contributed by atoms with Gasteiger partial charge in [0.25, 0.3) is 0 Å². The second-order valence-electron chi connectivity index (χ2n) is 5.48. The van der Waals surface area contributed by atoms with Crippen LogP contribution in [0.1, 0.15) is 30.5 Å². The molecule has 1 heterocycles. The van der Waals surface area contributed by atoms with Gasteiger partial charge in [-0.05, 0) is 35.7 Å². The summed E-state index contributed by atoms with van der Waals surface area (Å²) in [6.45, 7) is 3.03. The van der Waals surface area contributed by atoms with Crippen molar-refractivity contribution < 1.29 is 4.74 Å². The van der Waals surface area contributed by atoms with Crippen LogP contribution in [-0.2, 0) is 6.42 Å². The van der Waals surface area contributed by atoms with Crippen molar-refractivity contribution in [3.05, 3.63) is 64.7 Å². The fourth-order valence-corrected chi connectivity index (χ4v) is 3.06. The summed E-state index contributed by atoms with van der Waals surface area (Å²) in [6.07, 6.45) is 2.23. The summed E-state index contributed by atoms with van der Waals surface area (Å²) in [5.74, 6) is 1.03. The summed E-state index contributed by atoms with van der Waals surface area (Å²) in [6, 6.07) is 16.7. The molecule has 0 spiro atoms. The number of nitrogens with one attached hydrogen (secondary N) is 1. The van der Waals surface area contributed by atoms with Gasteiger partial charge in [-0.1, -0.05) is 48.9 Å². The van der Waals surface area contributed by atoms with Gasteiger partial charge < -0.3 is 10.1 Å². The second kappa shape index (κ2) is 6.50. The molecule has 110 valence electrons. The second-order valence-corrected chi connectivity index (χ2v) is 5.91. The standard InChI is InChI=1S/C18H20ClNO/c1-2-17(13-7-5-8-15(19)10-13)20-12-16-11-14-6-3-4-9-18(14)21-16/h3-10,16-17,20H,2,11-12H2,1H3. The maximum Gasteiger partial charge on any atom is 0.123 e. The Balaban J connectivity index is 1.60. The molecule has 0 aliphatic carbocycles. The van der Waals surface area contributed by atoms with Crippen LogP contribution in [0.5, 0.6) is 5.75 Å². The predicted molar refractivity (Wildman–Crippen MR) is 87.0 cm³/mol. The van der Waals surface area contributed by atoms with Gasteiger partial charge in [-0.15, -0.1) is 0 Å². The van der Waals surface area contributed by atoms with Crippen LogP contribution in [0.3, 0.4) is 0 Å². The van der Waals surface area contributed by atoms with Crippen molar-refractivity contribution in [3.63, 3.8) is 0 Å². The molecule has 0 aromatic heterocycles. The van der Waals surface area contributed by atoms with Gasteiger partial charge in [0.05, 0.1) is 0 Å². The third-order valence-electron chi connectivity index (χ3n) is 3.97. The first kappa shape index (κ1) is 14.4. The van der Waals surface area contributed by atoms with Gasteiger partial charge in [0, 0.05) is 24.0 Å². The lowest BCUT2D eigenvalue weighted by atomic mass is 10.0. The van der Waals surface area contributed by atoms with Crippen LogP contribution >= 0.6 is 11.6 Å². The summed E-state index contributed by atoms with van der Waals surface area (Å²) >= 11 is 6.08. The van der Waals surface area contributed by atoms with Crippen LogP contribution < -0.4 is 10.1 Å². The first-order valence-corrected chi connectivity index (χ1v) is 7.87. The molecule has 2 nitrogen and oxygen atoms in total. The van der Waals surface area contributed by atoms with Crippen LogP contribution in [0.15, 0.2) is 48.5 Å². The SMILES string of the molecule is CCC(NCC1Cc2ccccc2O1)c1cccc(Cl)c1. The van der Waals surface area contributed by atoms with Gasteiger partial charge in [0.2, 0.25) is 0 Å². The number of halogens is 1. The van der Waals surface area contributed by atoms with Gasteiger partial charge >= 0.3 is 0 Å². The quantitative estimate of drug-likeness (QED) is 0.884. The number of para-hydroxylation sites is 1. The van der Waals surface area contributed by atoms with Crippen molar-refractivity contribution >= 4 is 11.6 Å². The summed E-state index contributed by atoms with van der Waals surface area (Å²) in [5.41, 5.74) is 2.54. The Morgan fingerprint density at radius 3 is 2.86 bits per heavy atom. The number of hydrogen-bond acceptors (Lipinski definition) is 2. The largest absolute Gasteiger partial charge is 0.488 e. The van der Waals surface area contributed by atoms with Crippen LogP contribution in [-0.4, -0.2) is 12.6 Å². The molecule has 0 radical (unpaired) electrons. The van der Waals surface area contributed by atoms with E-state index in [2.05, 4.69) is 30.4 Å². The molecule has 21 heavy (non-hydrogen) atoms. The van der Waals surface area contributed by atoms with Crippen LogP contribution in [0.2, 0.25) is 5.02 Å². The number of fused-ring (bicyclic) bond motifs is 1. The van der Waals surface area contributed by atoms with Gasteiger partial charge in [-0.25, -0.2) is 0 Å². The summed E-state index contributed by atoms with van der Waals surface area (Å²) in [7, 11) is 0. The Bertz CT molecular complexity index is 589. The third-order valence-corrected chi connectivity index (χ3v) is 4.20. The molecule has 2 atom stereocenters. The zero-order valence-electron chi connectivity index (χ0n) is 12.2. The highest BCUT2D eigenvalue weighted by molar-refractivity contribution is 6.30. The molecule has 1 aliphatic rings. The number of ether oxygens (including phenoxy) is 1. The highest BCUT2D eigenvalue weighted by Gasteiger charge is 2.23. The van der Waals surface area contributed by atoms with Crippen LogP contribution in [0.25, 0.3) is 0 Å². The Morgan fingerprint density at radius 2 is 2.10 bits per heavy atom. The Labute approximate surface area is 131 Å². The van der Waals surface area contributed by atoms with E-state index in [9.17, 15) is 0 Å². The fourth-order valence-electron chi connectivity index (χ4n) is 2.86. The lowest BCUT2D eigenvalue weighted by Crippen LogP contribution is -2.32. The molecule has 3 rings (SSSR count). The zero-order valence-corrected chi connectivity index (χ0v) is 12.9. The van der Waals surface area contributed by atoms with Crippen molar-refractivity contribution in [1.82, 2.24) is 5.32 Å². The average Bonchev–Trinajstić information content (AvgIpc) is 2.91. The van der Waals surface area contributed by atoms with E-state index in [0.29, 0.717) is 6.04 Å². The minimum Gasteiger partial charge on any atom is -0.488 e. The molecular formula is C18H20ClNO. The van der Waals surface area contributed by atoms with Crippen LogP contribution in [0.4, 0.5) is 0 Å². The normalized spacial score (nSPS) is 18.1. The van der Waals surface area contributed by atoms with Gasteiger partial charge in [0.15, 0.2) is 0 Å². The monoisotopic (exact) mass is 301 g/mol. The third kappa shape index (κ3) is 3.39. The highest BCUT2D eigenvalue weighted by Crippen LogP contribution is 2.28. The van der Waals surface area contributed by atoms with Crippen molar-refractivity contribution in [2.24, 2.45) is 0 Å². The van der Waals surface area contributed by atoms with Crippen molar-refractivity contribution in [3.8, 4) is 5.75 Å². The van der Waals surface area contributed by atoms with Gasteiger partial charge in [-0.2, -0.15) is 0 Å². The zero-order chi connectivity index (χ0) is 14.7. The molecule has 0 amide bonds. The van der Waals surface area contributed by atoms with E-state index >= 15 is 0 Å². The molecule has 0 bridgehead atoms. The average molecular weight is 302 g/mol. The van der Waals surface area contributed by atoms with E-state index in [1.807, 2.05) is 30.3 Å². The Morgan fingerprint density at radius 1 is 1.24 bits per heavy atom. The summed E-state index contributed by atoms with van der Waals surface area (Å²) < 4.78 is 5.97. The topological polar surface area (TPSA) is 21.3 Å². The maximum absolute atomic E-state index is 6.08. The first-order valence-electron chi connectivity index (χ1n) is 7.49. The first-order chi connectivity index (χ1) is 10.3. The minimum atomic E-state index is 0.218. The molecule has 1 aliphatic heterocycles. The van der Waals surface area contributed by atoms with Gasteiger partial charge in [-0.3, -0.25) is 0 Å². The van der Waals surface area contributed by atoms with Crippen molar-refractivity contribution in [1.29, 1.82) is 0 Å². The summed E-state index contributed by atoms with van der Waals surface area (Å²) in [4.78, 5) is 0. The van der Waals surface area contributed by atoms with E-state index in [4.69, 9.17) is 16.3 Å². The molecule has 0 saturated heterocycles. The summed E-state index contributed by atoms with van der Waals surface area (Å²) in [5, 5.41) is 4.40. The fraction of sp³-hybridized carbons (Fsp3) is 0.333. The van der Waals surface area contributed by atoms with E-state index in [1.165, 1.54) is 11.1 Å². The predicted octanol–water partition coefficient (Wildman–Crippen LogP) is 4.38. The Hall–Kier alpha value is -1.51. The van der Waals surface area contributed by atoms with Gasteiger partial charge in [0.1, 0.15) is 11.9 Å². The molecule has 0 saturated carbocycles. The molecule has 2 aromatic carbocycles. The molecule has 2 unspecified atom stereocenters. The molecule has 2 aromatic rings. The van der Waals surface area contributed by atoms with E-state index in [0.717, 1.165) is 30.2 Å². The Kier molecular flexibility index (Phi) is 4.47. The molecule has 0 fully saturated rings. The lowest BCUT2D eigenvalue weighted by Gasteiger charge is -2.20. The number of benzene rings is 2. The molecule has 3 heteroatoms. The number of hydrogen-bond donors (Lipinski definition) is 1. The molecule has 1 N–H and O–H groups in total. The highest BCUT2D eigenvalue weighted by atomic mass is 35.5. The lowest BCUT2D eigenvalue weighted by molar-refractivity contribution is 0.220. The van der Waals surface area contributed by atoms with Crippen LogP contribution in [0, 0.1) is 0 Å². The van der Waals surface area contributed by atoms with E-state index < -0.39 is 0 Å². The van der Waals surface area contributed by atoms with E-state index in [-0.39, 0.29) is 6.10 Å². The minimum absolute atomic E-state index is 0.218. The molecular weight excluding hydrogens is 282 g/mol. The van der Waals surface area contributed by atoms with Crippen molar-refractivity contribution in [2.45, 2.75) is 31.9 Å². The van der Waals surface area contributed by atoms with E-state index in [1.54, 1.807) is 0 Å². The number of rotatable bonds is 5. The smallest absolute Gasteiger partial charge is 0.123 e. The van der Waals surface area contributed by atoms with Crippen molar-refractivity contribution in [2.75, 3.05) is 6.54 Å².